The van der Waals surface area contributed by atoms with Crippen molar-refractivity contribution in [3.05, 3.63) is 261 Å². The first-order chi connectivity index (χ1) is 37.2. The Bertz CT molecular complexity index is 4400. The van der Waals surface area contributed by atoms with Gasteiger partial charge in [0.2, 0.25) is 0 Å². The quantitative estimate of drug-likeness (QED) is 0.152. The van der Waals surface area contributed by atoms with E-state index in [-0.39, 0.29) is 0 Å². The molecule has 0 N–H and O–H groups in total. The molecule has 4 aromatic heterocycles. The highest BCUT2D eigenvalue weighted by molar-refractivity contribution is 6.14. The average Bonchev–Trinajstić information content (AvgIpc) is 4.13. The van der Waals surface area contributed by atoms with Gasteiger partial charge < -0.3 is 13.7 Å². The predicted molar refractivity (Wildman–Crippen MR) is 311 cm³/mol. The monoisotopic (exact) mass is 958 g/mol. The van der Waals surface area contributed by atoms with Crippen molar-refractivity contribution in [2.75, 3.05) is 0 Å². The molecular formula is C69H46N6. The Labute approximate surface area is 433 Å². The molecule has 1 aliphatic rings. The van der Waals surface area contributed by atoms with Gasteiger partial charge >= 0.3 is 0 Å². The first-order valence-electron chi connectivity index (χ1n) is 25.7. The van der Waals surface area contributed by atoms with Crippen LogP contribution >= 0.6 is 0 Å². The minimum Gasteiger partial charge on any atom is -0.309 e. The largest absolute Gasteiger partial charge is 0.309 e. The lowest BCUT2D eigenvalue weighted by Gasteiger charge is -2.12. The highest BCUT2D eigenvalue weighted by Crippen LogP contribution is 2.41. The summed E-state index contributed by atoms with van der Waals surface area (Å²) in [6.45, 7) is 0. The molecule has 0 unspecified atom stereocenters. The summed E-state index contributed by atoms with van der Waals surface area (Å²) in [5.74, 6) is 2.00. The Balaban J connectivity index is 0.895. The number of hydrogen-bond donors (Lipinski definition) is 0. The van der Waals surface area contributed by atoms with E-state index >= 15 is 0 Å². The van der Waals surface area contributed by atoms with Crippen LogP contribution in [0, 0.1) is 0 Å². The van der Waals surface area contributed by atoms with Gasteiger partial charge in [0.15, 0.2) is 17.5 Å². The van der Waals surface area contributed by atoms with Crippen LogP contribution in [0.2, 0.25) is 0 Å². The minimum absolute atomic E-state index is 0.648. The van der Waals surface area contributed by atoms with Gasteiger partial charge in [-0.1, -0.05) is 146 Å². The number of aromatic nitrogens is 6. The molecule has 0 bridgehead atoms. The summed E-state index contributed by atoms with van der Waals surface area (Å²) in [6.07, 6.45) is 8.54. The molecule has 0 atom stereocenters. The molecule has 0 aliphatic heterocycles. The van der Waals surface area contributed by atoms with Gasteiger partial charge in [0.05, 0.1) is 33.1 Å². The topological polar surface area (TPSA) is 53.5 Å². The fraction of sp³-hybridized carbons (Fsp3) is 0.0290. The highest BCUT2D eigenvalue weighted by atomic mass is 15.0. The Hall–Kier alpha value is -9.91. The van der Waals surface area contributed by atoms with E-state index < -0.39 is 0 Å². The number of fused-ring (bicyclic) bond motifs is 9. The van der Waals surface area contributed by atoms with Gasteiger partial charge in [0, 0.05) is 66.1 Å². The molecule has 0 fully saturated rings. The van der Waals surface area contributed by atoms with E-state index in [4.69, 9.17) is 15.0 Å². The molecule has 4 heterocycles. The number of benzene rings is 10. The van der Waals surface area contributed by atoms with E-state index in [1.165, 1.54) is 76.6 Å². The molecule has 0 amide bonds. The van der Waals surface area contributed by atoms with Crippen LogP contribution in [-0.2, 0) is 0 Å². The lowest BCUT2D eigenvalue weighted by atomic mass is 9.98. The van der Waals surface area contributed by atoms with E-state index in [0.29, 0.717) is 17.5 Å². The number of para-hydroxylation sites is 4. The van der Waals surface area contributed by atoms with Crippen molar-refractivity contribution in [2.45, 2.75) is 12.8 Å². The van der Waals surface area contributed by atoms with E-state index in [9.17, 15) is 0 Å². The second-order valence-electron chi connectivity index (χ2n) is 19.5. The van der Waals surface area contributed by atoms with Crippen molar-refractivity contribution < 1.29 is 0 Å². The molecule has 14 aromatic rings. The van der Waals surface area contributed by atoms with E-state index in [0.717, 1.165) is 57.6 Å². The van der Waals surface area contributed by atoms with Gasteiger partial charge in [-0.25, -0.2) is 15.0 Å². The molecule has 6 nitrogen and oxygen atoms in total. The molecule has 6 heteroatoms. The fourth-order valence-electron chi connectivity index (χ4n) is 11.6. The second kappa shape index (κ2) is 17.4. The maximum absolute atomic E-state index is 5.08. The van der Waals surface area contributed by atoms with Gasteiger partial charge in [-0.15, -0.1) is 0 Å². The third-order valence-corrected chi connectivity index (χ3v) is 15.1. The van der Waals surface area contributed by atoms with E-state index in [1.54, 1.807) is 0 Å². The van der Waals surface area contributed by atoms with Crippen molar-refractivity contribution in [3.63, 3.8) is 0 Å². The van der Waals surface area contributed by atoms with Gasteiger partial charge in [-0.3, -0.25) is 0 Å². The zero-order valence-corrected chi connectivity index (χ0v) is 40.8. The van der Waals surface area contributed by atoms with Crippen LogP contribution in [0.1, 0.15) is 18.7 Å². The summed E-state index contributed by atoms with van der Waals surface area (Å²) in [5, 5.41) is 7.31. The summed E-state index contributed by atoms with van der Waals surface area (Å²) in [6, 6.07) is 85.6. The van der Waals surface area contributed by atoms with Gasteiger partial charge in [0.25, 0.3) is 0 Å². The number of hydrogen-bond acceptors (Lipinski definition) is 3. The van der Waals surface area contributed by atoms with Crippen LogP contribution in [0.25, 0.3) is 133 Å². The Morgan fingerprint density at radius 1 is 0.267 bits per heavy atom. The number of nitrogens with zero attached hydrogens (tertiary/aromatic N) is 6. The van der Waals surface area contributed by atoms with Gasteiger partial charge in [-0.05, 0) is 144 Å². The Morgan fingerprint density at radius 2 is 0.613 bits per heavy atom. The zero-order chi connectivity index (χ0) is 49.4. The number of allylic oxidation sites excluding steroid dienone is 4. The summed E-state index contributed by atoms with van der Waals surface area (Å²) in [5.41, 5.74) is 18.0. The molecule has 10 aromatic carbocycles. The van der Waals surface area contributed by atoms with Gasteiger partial charge in [-0.2, -0.15) is 0 Å². The van der Waals surface area contributed by atoms with Crippen molar-refractivity contribution in [3.8, 4) is 62.1 Å². The minimum atomic E-state index is 0.648. The highest BCUT2D eigenvalue weighted by Gasteiger charge is 2.20. The van der Waals surface area contributed by atoms with Crippen LogP contribution in [0.5, 0.6) is 0 Å². The fourth-order valence-corrected chi connectivity index (χ4v) is 11.6. The third-order valence-electron chi connectivity index (χ3n) is 15.1. The molecule has 15 rings (SSSR count). The smallest absolute Gasteiger partial charge is 0.164 e. The van der Waals surface area contributed by atoms with Crippen LogP contribution < -0.4 is 0 Å². The van der Waals surface area contributed by atoms with Crippen LogP contribution in [0.3, 0.4) is 0 Å². The lowest BCUT2D eigenvalue weighted by molar-refractivity contribution is 1.01. The standard InChI is InChI=1S/C69H46N6/c1-5-17-45(18-6-1)67-70-68(46-19-7-2-8-20-46)72-69(71-67)47-29-35-54(36-30-47)75-65-39-33-50(48-31-37-63-57(41-48)55-25-13-15-27-61(55)73(63)52-21-9-3-10-22-52)43-59(65)60-44-51(34-40-66(60)75)49-32-38-64-58(42-49)56-26-14-16-28-62(56)74(64)53-23-11-4-12-24-53/h1,3-7,9-44H,2,8H2. The van der Waals surface area contributed by atoms with E-state index in [1.807, 2.05) is 18.2 Å². The maximum atomic E-state index is 5.08. The molecule has 352 valence electrons. The molecular weight excluding hydrogens is 913 g/mol. The summed E-state index contributed by atoms with van der Waals surface area (Å²) in [7, 11) is 0. The molecule has 0 radical (unpaired) electrons. The molecule has 0 spiro atoms. The Morgan fingerprint density at radius 3 is 1.05 bits per heavy atom. The average molecular weight is 959 g/mol. The van der Waals surface area contributed by atoms with Crippen molar-refractivity contribution in [1.29, 1.82) is 0 Å². The van der Waals surface area contributed by atoms with Crippen molar-refractivity contribution >= 4 is 71.0 Å². The van der Waals surface area contributed by atoms with Crippen LogP contribution in [-0.4, -0.2) is 28.7 Å². The zero-order valence-electron chi connectivity index (χ0n) is 40.8. The molecule has 0 saturated heterocycles. The number of rotatable bonds is 8. The van der Waals surface area contributed by atoms with E-state index in [2.05, 4.69) is 250 Å². The first-order valence-corrected chi connectivity index (χ1v) is 25.7. The normalized spacial score (nSPS) is 12.7. The molecule has 75 heavy (non-hydrogen) atoms. The Kier molecular flexibility index (Phi) is 9.91. The second-order valence-corrected chi connectivity index (χ2v) is 19.5. The van der Waals surface area contributed by atoms with Crippen LogP contribution in [0.15, 0.2) is 255 Å². The summed E-state index contributed by atoms with van der Waals surface area (Å²) >= 11 is 0. The molecule has 1 aliphatic carbocycles. The van der Waals surface area contributed by atoms with Crippen molar-refractivity contribution in [1.82, 2.24) is 28.7 Å². The van der Waals surface area contributed by atoms with Crippen molar-refractivity contribution in [2.24, 2.45) is 0 Å². The maximum Gasteiger partial charge on any atom is 0.164 e. The SMILES string of the molecule is C1=CC(c2nc(-c3ccccc3)nc(-c3ccc(-n4c5ccc(-c6ccc7c(c6)c6ccccc6n7-c6ccccc6)cc5c5cc(-c6ccc7c(c6)c6ccccc6n7-c6ccccc6)ccc54)cc3)n2)=CCC1. The predicted octanol–water partition coefficient (Wildman–Crippen LogP) is 17.6. The van der Waals surface area contributed by atoms with Crippen LogP contribution in [0.4, 0.5) is 0 Å². The third kappa shape index (κ3) is 7.13. The lowest BCUT2D eigenvalue weighted by Crippen LogP contribution is -2.03. The molecule has 0 saturated carbocycles. The summed E-state index contributed by atoms with van der Waals surface area (Å²) < 4.78 is 7.16. The summed E-state index contributed by atoms with van der Waals surface area (Å²) in [4.78, 5) is 15.1. The van der Waals surface area contributed by atoms with Gasteiger partial charge in [0.1, 0.15) is 0 Å². The first kappa shape index (κ1) is 42.7.